The Balaban J connectivity index is 0.00000512. The first-order valence-corrected chi connectivity index (χ1v) is 13.2. The molecular formula is C30H47NaO. The van der Waals surface area contributed by atoms with Crippen LogP contribution in [0.5, 0.6) is 11.5 Å². The Morgan fingerprint density at radius 1 is 0.500 bits per heavy atom. The van der Waals surface area contributed by atoms with E-state index in [4.69, 9.17) is 4.74 Å². The van der Waals surface area contributed by atoms with Crippen molar-refractivity contribution in [1.29, 1.82) is 0 Å². The SMILES string of the molecule is CCCCCCCCCc1ccccc1Oc1ccccc1CCCCCCCCC.[H-].[Na+]. The number of benzene rings is 2. The van der Waals surface area contributed by atoms with Crippen LogP contribution in [0.1, 0.15) is 116 Å². The first-order valence-electron chi connectivity index (χ1n) is 13.2. The van der Waals surface area contributed by atoms with Gasteiger partial charge in [0.2, 0.25) is 0 Å². The number of hydrogen-bond acceptors (Lipinski definition) is 1. The summed E-state index contributed by atoms with van der Waals surface area (Å²) in [6, 6.07) is 17.3. The Morgan fingerprint density at radius 3 is 1.25 bits per heavy atom. The zero-order valence-corrected chi connectivity index (χ0v) is 23.3. The third kappa shape index (κ3) is 12.5. The predicted octanol–water partition coefficient (Wildman–Crippen LogP) is 7.18. The number of ether oxygens (including phenoxy) is 1. The van der Waals surface area contributed by atoms with Crippen LogP contribution in [0, 0.1) is 0 Å². The largest absolute Gasteiger partial charge is 1.00 e. The maximum Gasteiger partial charge on any atom is 1.00 e. The van der Waals surface area contributed by atoms with Gasteiger partial charge in [0.15, 0.2) is 0 Å². The van der Waals surface area contributed by atoms with E-state index < -0.39 is 0 Å². The summed E-state index contributed by atoms with van der Waals surface area (Å²) in [5.41, 5.74) is 2.70. The summed E-state index contributed by atoms with van der Waals surface area (Å²) < 4.78 is 6.46. The molecule has 32 heavy (non-hydrogen) atoms. The van der Waals surface area contributed by atoms with Crippen molar-refractivity contribution in [2.75, 3.05) is 0 Å². The zero-order chi connectivity index (χ0) is 22.0. The van der Waals surface area contributed by atoms with Crippen LogP contribution in [0.4, 0.5) is 0 Å². The normalized spacial score (nSPS) is 10.7. The molecule has 0 fully saturated rings. The average Bonchev–Trinajstić information content (AvgIpc) is 2.80. The van der Waals surface area contributed by atoms with Crippen molar-refractivity contribution in [3.05, 3.63) is 59.7 Å². The van der Waals surface area contributed by atoms with Gasteiger partial charge in [-0.25, -0.2) is 0 Å². The van der Waals surface area contributed by atoms with Gasteiger partial charge in [0.1, 0.15) is 11.5 Å². The Labute approximate surface area is 222 Å². The molecule has 2 rings (SSSR count). The Morgan fingerprint density at radius 2 is 0.844 bits per heavy atom. The second-order valence-corrected chi connectivity index (χ2v) is 9.06. The molecule has 0 saturated heterocycles. The quantitative estimate of drug-likeness (QED) is 0.174. The van der Waals surface area contributed by atoms with Crippen LogP contribution in [0.2, 0.25) is 0 Å². The predicted molar refractivity (Wildman–Crippen MR) is 137 cm³/mol. The summed E-state index contributed by atoms with van der Waals surface area (Å²) in [4.78, 5) is 0. The number of unbranched alkanes of at least 4 members (excludes halogenated alkanes) is 12. The van der Waals surface area contributed by atoms with Gasteiger partial charge in [-0.2, -0.15) is 0 Å². The van der Waals surface area contributed by atoms with E-state index in [0.29, 0.717) is 0 Å². The molecule has 0 unspecified atom stereocenters. The molecule has 2 aromatic rings. The van der Waals surface area contributed by atoms with Crippen LogP contribution in [0.15, 0.2) is 48.5 Å². The smallest absolute Gasteiger partial charge is 1.00 e. The van der Waals surface area contributed by atoms with Crippen LogP contribution < -0.4 is 34.3 Å². The van der Waals surface area contributed by atoms with Gasteiger partial charge >= 0.3 is 29.6 Å². The minimum Gasteiger partial charge on any atom is -1.00 e. The maximum absolute atomic E-state index is 6.46. The molecule has 1 nitrogen and oxygen atoms in total. The second kappa shape index (κ2) is 19.7. The second-order valence-electron chi connectivity index (χ2n) is 9.06. The summed E-state index contributed by atoms with van der Waals surface area (Å²) in [6.45, 7) is 4.56. The van der Waals surface area contributed by atoms with E-state index in [0.717, 1.165) is 24.3 Å². The minimum absolute atomic E-state index is 0. The van der Waals surface area contributed by atoms with Gasteiger partial charge in [-0.05, 0) is 48.9 Å². The van der Waals surface area contributed by atoms with Crippen molar-refractivity contribution in [2.45, 2.75) is 117 Å². The topological polar surface area (TPSA) is 9.23 Å². The Hall–Kier alpha value is -0.760. The fourth-order valence-corrected chi connectivity index (χ4v) is 4.28. The number of para-hydroxylation sites is 2. The van der Waals surface area contributed by atoms with Crippen LogP contribution in [0.25, 0.3) is 0 Å². The minimum atomic E-state index is 0. The maximum atomic E-state index is 6.46. The van der Waals surface area contributed by atoms with Crippen molar-refractivity contribution >= 4 is 0 Å². The zero-order valence-electron chi connectivity index (χ0n) is 22.3. The fraction of sp³-hybridized carbons (Fsp3) is 0.600. The molecule has 2 aromatic carbocycles. The van der Waals surface area contributed by atoms with Gasteiger partial charge in [-0.1, -0.05) is 127 Å². The summed E-state index contributed by atoms with van der Waals surface area (Å²) >= 11 is 0. The molecule has 0 aliphatic rings. The molecule has 0 bridgehead atoms. The van der Waals surface area contributed by atoms with Crippen molar-refractivity contribution in [3.63, 3.8) is 0 Å². The van der Waals surface area contributed by atoms with E-state index in [1.807, 2.05) is 0 Å². The Bertz CT molecular complexity index is 644. The molecule has 0 saturated carbocycles. The van der Waals surface area contributed by atoms with Gasteiger partial charge in [-0.3, -0.25) is 0 Å². The van der Waals surface area contributed by atoms with E-state index in [1.165, 1.54) is 101 Å². The summed E-state index contributed by atoms with van der Waals surface area (Å²) in [7, 11) is 0. The third-order valence-corrected chi connectivity index (χ3v) is 6.26. The molecule has 0 aromatic heterocycles. The van der Waals surface area contributed by atoms with Gasteiger partial charge in [0, 0.05) is 0 Å². The molecule has 2 heteroatoms. The molecule has 0 heterocycles. The van der Waals surface area contributed by atoms with Crippen molar-refractivity contribution in [3.8, 4) is 11.5 Å². The van der Waals surface area contributed by atoms with Gasteiger partial charge in [0.25, 0.3) is 0 Å². The van der Waals surface area contributed by atoms with Crippen molar-refractivity contribution in [2.24, 2.45) is 0 Å². The molecule has 0 radical (unpaired) electrons. The fourth-order valence-electron chi connectivity index (χ4n) is 4.28. The first-order chi connectivity index (χ1) is 15.3. The molecule has 0 amide bonds. The van der Waals surface area contributed by atoms with Gasteiger partial charge in [0.05, 0.1) is 0 Å². The van der Waals surface area contributed by atoms with Gasteiger partial charge in [-0.15, -0.1) is 0 Å². The Kier molecular flexibility index (Phi) is 18.0. The third-order valence-electron chi connectivity index (χ3n) is 6.26. The molecule has 0 aliphatic carbocycles. The van der Waals surface area contributed by atoms with E-state index in [-0.39, 0.29) is 31.0 Å². The standard InChI is InChI=1S/C30H46O.Na.H/c1-3-5-7-9-11-13-15-21-27-23-17-19-25-29(27)31-30-26-20-18-24-28(30)22-16-14-12-10-8-6-4-2;;/h17-20,23-26H,3-16,21-22H2,1-2H3;;/q;+1;-1. The first kappa shape index (κ1) is 29.3. The van der Waals surface area contributed by atoms with E-state index >= 15 is 0 Å². The number of hydrogen-bond donors (Lipinski definition) is 0. The summed E-state index contributed by atoms with van der Waals surface area (Å²) in [5.74, 6) is 2.08. The average molecular weight is 447 g/mol. The number of rotatable bonds is 18. The van der Waals surface area contributed by atoms with Crippen LogP contribution in [-0.2, 0) is 12.8 Å². The summed E-state index contributed by atoms with van der Waals surface area (Å²) in [5, 5.41) is 0. The molecular weight excluding hydrogens is 399 g/mol. The van der Waals surface area contributed by atoms with E-state index in [9.17, 15) is 0 Å². The molecule has 0 aliphatic heterocycles. The van der Waals surface area contributed by atoms with E-state index in [2.05, 4.69) is 62.4 Å². The van der Waals surface area contributed by atoms with Crippen LogP contribution >= 0.6 is 0 Å². The molecule has 0 N–H and O–H groups in total. The monoisotopic (exact) mass is 446 g/mol. The van der Waals surface area contributed by atoms with Crippen molar-refractivity contribution < 1.29 is 35.7 Å². The van der Waals surface area contributed by atoms with Crippen molar-refractivity contribution in [1.82, 2.24) is 0 Å². The number of aryl methyl sites for hydroxylation is 2. The van der Waals surface area contributed by atoms with Crippen LogP contribution in [0.3, 0.4) is 0 Å². The molecule has 0 atom stereocenters. The molecule has 0 spiro atoms. The summed E-state index contributed by atoms with van der Waals surface area (Å²) in [6.07, 6.45) is 21.1. The van der Waals surface area contributed by atoms with Gasteiger partial charge < -0.3 is 6.16 Å². The van der Waals surface area contributed by atoms with Crippen LogP contribution in [-0.4, -0.2) is 0 Å². The molecule has 174 valence electrons. The van der Waals surface area contributed by atoms with E-state index in [1.54, 1.807) is 0 Å².